The molecule has 0 atom stereocenters. The summed E-state index contributed by atoms with van der Waals surface area (Å²) in [6.07, 6.45) is 1.60. The summed E-state index contributed by atoms with van der Waals surface area (Å²) in [6, 6.07) is 10.9. The second kappa shape index (κ2) is 9.50. The maximum atomic E-state index is 12.7. The molecule has 28 heavy (non-hydrogen) atoms. The first-order valence-electron chi connectivity index (χ1n) is 9.19. The molecule has 1 saturated heterocycles. The third kappa shape index (κ3) is 5.10. The molecule has 0 radical (unpaired) electrons. The van der Waals surface area contributed by atoms with Crippen molar-refractivity contribution in [3.05, 3.63) is 52.0 Å². The van der Waals surface area contributed by atoms with E-state index in [4.69, 9.17) is 32.7 Å². The molecule has 150 valence electrons. The van der Waals surface area contributed by atoms with E-state index in [9.17, 15) is 4.79 Å². The minimum Gasteiger partial charge on any atom is -0.497 e. The first-order valence-corrected chi connectivity index (χ1v) is 9.95. The van der Waals surface area contributed by atoms with Gasteiger partial charge in [0.1, 0.15) is 11.5 Å². The molecule has 1 aliphatic heterocycles. The van der Waals surface area contributed by atoms with Gasteiger partial charge in [0.25, 0.3) is 0 Å². The van der Waals surface area contributed by atoms with Crippen LogP contribution in [0.15, 0.2) is 36.4 Å². The lowest BCUT2D eigenvalue weighted by atomic mass is 9.95. The fraction of sp³-hybridized carbons (Fsp3) is 0.381. The molecule has 0 saturated carbocycles. The summed E-state index contributed by atoms with van der Waals surface area (Å²) in [6.45, 7) is 2.45. The normalized spacial score (nSPS) is 15.3. The zero-order valence-corrected chi connectivity index (χ0v) is 17.5. The van der Waals surface area contributed by atoms with Gasteiger partial charge in [0, 0.05) is 28.6 Å². The molecule has 1 fully saturated rings. The molecule has 0 aromatic heterocycles. The quantitative estimate of drug-likeness (QED) is 0.721. The van der Waals surface area contributed by atoms with Gasteiger partial charge in [-0.25, -0.2) is 0 Å². The minimum absolute atomic E-state index is 0.0210. The van der Waals surface area contributed by atoms with Gasteiger partial charge in [0.15, 0.2) is 0 Å². The molecule has 1 N–H and O–H groups in total. The second-order valence-corrected chi connectivity index (χ2v) is 7.69. The Labute approximate surface area is 175 Å². The summed E-state index contributed by atoms with van der Waals surface area (Å²) in [7, 11) is 3.17. The number of piperidine rings is 1. The number of likely N-dealkylation sites (tertiary alicyclic amines) is 1. The maximum Gasteiger partial charge on any atom is 0.227 e. The minimum atomic E-state index is -0.0243. The highest BCUT2D eigenvalue weighted by Gasteiger charge is 2.26. The van der Waals surface area contributed by atoms with Crippen LogP contribution in [0.25, 0.3) is 0 Å². The van der Waals surface area contributed by atoms with Gasteiger partial charge in [-0.1, -0.05) is 29.3 Å². The monoisotopic (exact) mass is 422 g/mol. The lowest BCUT2D eigenvalue weighted by molar-refractivity contribution is -0.121. The summed E-state index contributed by atoms with van der Waals surface area (Å²) >= 11 is 12.2. The Morgan fingerprint density at radius 3 is 2.50 bits per heavy atom. The van der Waals surface area contributed by atoms with E-state index in [2.05, 4.69) is 10.2 Å². The van der Waals surface area contributed by atoms with Gasteiger partial charge in [-0.15, -0.1) is 0 Å². The van der Waals surface area contributed by atoms with E-state index in [1.807, 2.05) is 12.1 Å². The van der Waals surface area contributed by atoms with Gasteiger partial charge in [-0.2, -0.15) is 0 Å². The van der Waals surface area contributed by atoms with Gasteiger partial charge in [-0.05, 0) is 55.8 Å². The van der Waals surface area contributed by atoms with Crippen LogP contribution in [0.4, 0.5) is 5.69 Å². The van der Waals surface area contributed by atoms with Gasteiger partial charge < -0.3 is 14.8 Å². The molecule has 1 amide bonds. The number of anilines is 1. The van der Waals surface area contributed by atoms with E-state index in [0.717, 1.165) is 38.0 Å². The summed E-state index contributed by atoms with van der Waals surface area (Å²) in [5.74, 6) is 1.27. The summed E-state index contributed by atoms with van der Waals surface area (Å²) < 4.78 is 10.5. The zero-order chi connectivity index (χ0) is 20.1. The highest BCUT2D eigenvalue weighted by Crippen LogP contribution is 2.30. The topological polar surface area (TPSA) is 50.8 Å². The van der Waals surface area contributed by atoms with E-state index in [0.29, 0.717) is 27.2 Å². The number of carbonyl (C=O) groups is 1. The van der Waals surface area contributed by atoms with Crippen molar-refractivity contribution in [2.75, 3.05) is 32.6 Å². The van der Waals surface area contributed by atoms with Gasteiger partial charge >= 0.3 is 0 Å². The number of ether oxygens (including phenoxy) is 2. The summed E-state index contributed by atoms with van der Waals surface area (Å²) in [5, 5.41) is 4.31. The average molecular weight is 423 g/mol. The Balaban J connectivity index is 1.55. The third-order valence-electron chi connectivity index (χ3n) is 5.03. The lowest BCUT2D eigenvalue weighted by Crippen LogP contribution is -2.37. The number of hydrogen-bond donors (Lipinski definition) is 1. The van der Waals surface area contributed by atoms with Crippen LogP contribution >= 0.6 is 23.2 Å². The molecule has 1 heterocycles. The Morgan fingerprint density at radius 2 is 1.86 bits per heavy atom. The number of rotatable bonds is 6. The number of benzene rings is 2. The maximum absolute atomic E-state index is 12.7. The van der Waals surface area contributed by atoms with Crippen LogP contribution < -0.4 is 14.8 Å². The highest BCUT2D eigenvalue weighted by molar-refractivity contribution is 6.35. The molecule has 2 aromatic carbocycles. The van der Waals surface area contributed by atoms with Crippen LogP contribution in [0.1, 0.15) is 18.4 Å². The first-order chi connectivity index (χ1) is 13.5. The van der Waals surface area contributed by atoms with Crippen LogP contribution in [-0.4, -0.2) is 38.1 Å². The number of carbonyl (C=O) groups excluding carboxylic acids is 1. The number of hydrogen-bond acceptors (Lipinski definition) is 4. The number of amides is 1. The van der Waals surface area contributed by atoms with E-state index >= 15 is 0 Å². The fourth-order valence-corrected chi connectivity index (χ4v) is 3.85. The van der Waals surface area contributed by atoms with Crippen molar-refractivity contribution in [1.29, 1.82) is 0 Å². The Bertz CT molecular complexity index is 836. The molecular weight excluding hydrogens is 399 g/mol. The second-order valence-electron chi connectivity index (χ2n) is 6.84. The van der Waals surface area contributed by atoms with Gasteiger partial charge in [0.2, 0.25) is 5.91 Å². The van der Waals surface area contributed by atoms with Crippen molar-refractivity contribution in [3.63, 3.8) is 0 Å². The molecule has 0 spiro atoms. The lowest BCUT2D eigenvalue weighted by Gasteiger charge is -2.31. The molecular formula is C21H24Cl2N2O3. The highest BCUT2D eigenvalue weighted by atomic mass is 35.5. The Hall–Kier alpha value is -1.95. The average Bonchev–Trinajstić information content (AvgIpc) is 2.71. The van der Waals surface area contributed by atoms with Crippen molar-refractivity contribution >= 4 is 34.8 Å². The number of nitrogens with one attached hydrogen (secondary N) is 1. The van der Waals surface area contributed by atoms with Crippen molar-refractivity contribution in [1.82, 2.24) is 4.90 Å². The number of nitrogens with zero attached hydrogens (tertiary/aromatic N) is 1. The fourth-order valence-electron chi connectivity index (χ4n) is 3.38. The van der Waals surface area contributed by atoms with Crippen molar-refractivity contribution in [2.24, 2.45) is 5.92 Å². The Kier molecular flexibility index (Phi) is 7.05. The van der Waals surface area contributed by atoms with Crippen LogP contribution in [0.3, 0.4) is 0 Å². The molecule has 1 aliphatic rings. The number of methoxy groups -OCH3 is 2. The van der Waals surface area contributed by atoms with E-state index in [-0.39, 0.29) is 11.8 Å². The molecule has 0 unspecified atom stereocenters. The predicted octanol–water partition coefficient (Wildman–Crippen LogP) is 4.86. The van der Waals surface area contributed by atoms with Crippen LogP contribution in [0.5, 0.6) is 11.5 Å². The van der Waals surface area contributed by atoms with Crippen LogP contribution in [-0.2, 0) is 11.3 Å². The SMILES string of the molecule is COc1ccc(NC(=O)C2CCN(Cc3ccc(Cl)cc3Cl)CC2)c(OC)c1. The molecule has 2 aromatic rings. The van der Waals surface area contributed by atoms with Crippen LogP contribution in [0, 0.1) is 5.92 Å². The standard InChI is InChI=1S/C21H24Cl2N2O3/c1-27-17-5-6-19(20(12-17)28-2)24-21(26)14-7-9-25(10-8-14)13-15-3-4-16(22)11-18(15)23/h3-6,11-12,14H,7-10,13H2,1-2H3,(H,24,26). The smallest absolute Gasteiger partial charge is 0.227 e. The first kappa shape index (κ1) is 20.8. The van der Waals surface area contributed by atoms with Crippen molar-refractivity contribution in [2.45, 2.75) is 19.4 Å². The van der Waals surface area contributed by atoms with Crippen molar-refractivity contribution in [3.8, 4) is 11.5 Å². The van der Waals surface area contributed by atoms with E-state index in [1.54, 1.807) is 38.5 Å². The number of halogens is 2. The zero-order valence-electron chi connectivity index (χ0n) is 16.0. The summed E-state index contributed by atoms with van der Waals surface area (Å²) in [4.78, 5) is 15.0. The van der Waals surface area contributed by atoms with E-state index in [1.165, 1.54) is 0 Å². The van der Waals surface area contributed by atoms with E-state index < -0.39 is 0 Å². The van der Waals surface area contributed by atoms with Crippen molar-refractivity contribution < 1.29 is 14.3 Å². The third-order valence-corrected chi connectivity index (χ3v) is 5.62. The van der Waals surface area contributed by atoms with Crippen LogP contribution in [0.2, 0.25) is 10.0 Å². The largest absolute Gasteiger partial charge is 0.497 e. The molecule has 0 aliphatic carbocycles. The Morgan fingerprint density at radius 1 is 1.11 bits per heavy atom. The van der Waals surface area contributed by atoms with Gasteiger partial charge in [0.05, 0.1) is 19.9 Å². The molecule has 5 nitrogen and oxygen atoms in total. The molecule has 7 heteroatoms. The molecule has 0 bridgehead atoms. The summed E-state index contributed by atoms with van der Waals surface area (Å²) in [5.41, 5.74) is 1.71. The predicted molar refractivity (Wildman–Crippen MR) is 113 cm³/mol. The molecule has 3 rings (SSSR count). The van der Waals surface area contributed by atoms with Gasteiger partial charge in [-0.3, -0.25) is 9.69 Å².